The molecule has 0 amide bonds. The van der Waals surface area contributed by atoms with Crippen LogP contribution in [0, 0.1) is 5.92 Å². The molecule has 0 spiro atoms. The van der Waals surface area contributed by atoms with E-state index in [1.54, 1.807) is 0 Å². The lowest BCUT2D eigenvalue weighted by atomic mass is 9.95. The molecule has 0 aliphatic carbocycles. The molecule has 102 valence electrons. The van der Waals surface area contributed by atoms with Gasteiger partial charge in [-0.15, -0.1) is 0 Å². The zero-order valence-electron chi connectivity index (χ0n) is 11.7. The fourth-order valence-corrected chi connectivity index (χ4v) is 2.10. The molecule has 1 aromatic carbocycles. The van der Waals surface area contributed by atoms with Gasteiger partial charge in [-0.2, -0.15) is 0 Å². The summed E-state index contributed by atoms with van der Waals surface area (Å²) in [6.45, 7) is 7.17. The third-order valence-corrected chi connectivity index (χ3v) is 3.11. The summed E-state index contributed by atoms with van der Waals surface area (Å²) in [5, 5.41) is 0. The second-order valence-electron chi connectivity index (χ2n) is 5.03. The molecule has 0 heterocycles. The van der Waals surface area contributed by atoms with Gasteiger partial charge >= 0.3 is 0 Å². The second kappa shape index (κ2) is 8.25. The van der Waals surface area contributed by atoms with Crippen LogP contribution in [0.2, 0.25) is 0 Å². The summed E-state index contributed by atoms with van der Waals surface area (Å²) in [5.74, 6) is 6.38. The van der Waals surface area contributed by atoms with E-state index in [2.05, 4.69) is 31.4 Å². The molecule has 2 atom stereocenters. The number of hydrogen-bond donors (Lipinski definition) is 2. The molecule has 18 heavy (non-hydrogen) atoms. The van der Waals surface area contributed by atoms with Crippen LogP contribution < -0.4 is 11.3 Å². The number of benzene rings is 1. The number of nitrogens with one attached hydrogen (secondary N) is 1. The van der Waals surface area contributed by atoms with Crippen molar-refractivity contribution in [3.8, 4) is 0 Å². The van der Waals surface area contributed by atoms with E-state index in [1.807, 2.05) is 25.1 Å². The monoisotopic (exact) mass is 250 g/mol. The number of hydrogen-bond acceptors (Lipinski definition) is 3. The quantitative estimate of drug-likeness (QED) is 0.550. The van der Waals surface area contributed by atoms with Crippen LogP contribution in [0.25, 0.3) is 0 Å². The van der Waals surface area contributed by atoms with Gasteiger partial charge in [0.2, 0.25) is 0 Å². The molecule has 0 aliphatic heterocycles. The number of rotatable bonds is 8. The highest BCUT2D eigenvalue weighted by molar-refractivity contribution is 5.19. The zero-order chi connectivity index (χ0) is 13.4. The van der Waals surface area contributed by atoms with Crippen molar-refractivity contribution in [2.45, 2.75) is 45.8 Å². The minimum absolute atomic E-state index is 0.0277. The van der Waals surface area contributed by atoms with E-state index in [1.165, 1.54) is 5.56 Å². The van der Waals surface area contributed by atoms with Crippen LogP contribution in [0.1, 0.15) is 45.3 Å². The molecule has 0 saturated carbocycles. The molecule has 0 radical (unpaired) electrons. The Morgan fingerprint density at radius 1 is 1.17 bits per heavy atom. The minimum Gasteiger partial charge on any atom is -0.372 e. The van der Waals surface area contributed by atoms with Crippen molar-refractivity contribution in [1.82, 2.24) is 5.43 Å². The molecular formula is C15H26N2O. The van der Waals surface area contributed by atoms with Crippen molar-refractivity contribution in [3.63, 3.8) is 0 Å². The summed E-state index contributed by atoms with van der Waals surface area (Å²) in [6.07, 6.45) is 2.19. The first-order valence-corrected chi connectivity index (χ1v) is 6.81. The van der Waals surface area contributed by atoms with Gasteiger partial charge in [-0.05, 0) is 31.2 Å². The first kappa shape index (κ1) is 15.2. The zero-order valence-corrected chi connectivity index (χ0v) is 11.7. The predicted octanol–water partition coefficient (Wildman–Crippen LogP) is 3.03. The van der Waals surface area contributed by atoms with E-state index < -0.39 is 0 Å². The summed E-state index contributed by atoms with van der Waals surface area (Å²) in [4.78, 5) is 0. The molecule has 0 saturated heterocycles. The summed E-state index contributed by atoms with van der Waals surface area (Å²) in [6, 6.07) is 10.5. The van der Waals surface area contributed by atoms with Gasteiger partial charge in [-0.3, -0.25) is 11.3 Å². The van der Waals surface area contributed by atoms with Crippen molar-refractivity contribution < 1.29 is 4.74 Å². The highest BCUT2D eigenvalue weighted by atomic mass is 16.5. The van der Waals surface area contributed by atoms with Crippen molar-refractivity contribution in [2.75, 3.05) is 6.61 Å². The Bertz CT molecular complexity index is 314. The molecule has 3 heteroatoms. The molecule has 0 fully saturated rings. The van der Waals surface area contributed by atoms with Gasteiger partial charge in [0.15, 0.2) is 0 Å². The van der Waals surface area contributed by atoms with Crippen molar-refractivity contribution in [3.05, 3.63) is 35.9 Å². The molecule has 3 N–H and O–H groups in total. The Hall–Kier alpha value is -0.900. The molecule has 0 aromatic heterocycles. The predicted molar refractivity (Wildman–Crippen MR) is 76.0 cm³/mol. The first-order chi connectivity index (χ1) is 8.69. The van der Waals surface area contributed by atoms with Gasteiger partial charge in [-0.1, -0.05) is 44.2 Å². The van der Waals surface area contributed by atoms with Crippen LogP contribution in [-0.2, 0) is 4.74 Å². The Morgan fingerprint density at radius 2 is 1.83 bits per heavy atom. The Balaban J connectivity index is 2.75. The van der Waals surface area contributed by atoms with Gasteiger partial charge in [0.1, 0.15) is 0 Å². The fraction of sp³-hybridized carbons (Fsp3) is 0.600. The lowest BCUT2D eigenvalue weighted by Gasteiger charge is -2.27. The molecule has 0 aliphatic rings. The maximum Gasteiger partial charge on any atom is 0.0991 e. The normalized spacial score (nSPS) is 14.7. The number of hydrazine groups is 1. The van der Waals surface area contributed by atoms with Gasteiger partial charge in [0, 0.05) is 6.61 Å². The van der Waals surface area contributed by atoms with E-state index in [-0.39, 0.29) is 12.1 Å². The highest BCUT2D eigenvalue weighted by Gasteiger charge is 2.22. The Labute approximate surface area is 111 Å². The topological polar surface area (TPSA) is 47.3 Å². The maximum atomic E-state index is 5.87. The Morgan fingerprint density at radius 3 is 2.33 bits per heavy atom. The average molecular weight is 250 g/mol. The number of nitrogens with two attached hydrogens (primary N) is 1. The SMILES string of the molecule is CCOC(c1ccccc1)C(CCC(C)C)NN. The van der Waals surface area contributed by atoms with Crippen LogP contribution in [0.5, 0.6) is 0 Å². The van der Waals surface area contributed by atoms with E-state index in [0.717, 1.165) is 12.8 Å². The summed E-state index contributed by atoms with van der Waals surface area (Å²) in [7, 11) is 0. The first-order valence-electron chi connectivity index (χ1n) is 6.81. The molecular weight excluding hydrogens is 224 g/mol. The van der Waals surface area contributed by atoms with Gasteiger partial charge in [0.25, 0.3) is 0 Å². The van der Waals surface area contributed by atoms with E-state index in [9.17, 15) is 0 Å². The van der Waals surface area contributed by atoms with Crippen LogP contribution >= 0.6 is 0 Å². The van der Waals surface area contributed by atoms with Crippen LogP contribution in [0.4, 0.5) is 0 Å². The summed E-state index contributed by atoms with van der Waals surface area (Å²) < 4.78 is 5.87. The third-order valence-electron chi connectivity index (χ3n) is 3.11. The van der Waals surface area contributed by atoms with Crippen LogP contribution in [0.3, 0.4) is 0 Å². The van der Waals surface area contributed by atoms with Crippen molar-refractivity contribution >= 4 is 0 Å². The smallest absolute Gasteiger partial charge is 0.0991 e. The van der Waals surface area contributed by atoms with E-state index in [0.29, 0.717) is 12.5 Å². The average Bonchev–Trinajstić information content (AvgIpc) is 2.39. The molecule has 2 unspecified atom stereocenters. The lowest BCUT2D eigenvalue weighted by Crippen LogP contribution is -2.41. The third kappa shape index (κ3) is 4.77. The molecule has 1 aromatic rings. The molecule has 3 nitrogen and oxygen atoms in total. The highest BCUT2D eigenvalue weighted by Crippen LogP contribution is 2.24. The molecule has 0 bridgehead atoms. The van der Waals surface area contributed by atoms with Crippen molar-refractivity contribution in [1.29, 1.82) is 0 Å². The van der Waals surface area contributed by atoms with Crippen molar-refractivity contribution in [2.24, 2.45) is 11.8 Å². The Kier molecular flexibility index (Phi) is 6.94. The minimum atomic E-state index is 0.0277. The lowest BCUT2D eigenvalue weighted by molar-refractivity contribution is 0.0295. The van der Waals surface area contributed by atoms with Crippen LogP contribution in [-0.4, -0.2) is 12.6 Å². The summed E-state index contributed by atoms with van der Waals surface area (Å²) >= 11 is 0. The second-order valence-corrected chi connectivity index (χ2v) is 5.03. The summed E-state index contributed by atoms with van der Waals surface area (Å²) in [5.41, 5.74) is 4.10. The largest absolute Gasteiger partial charge is 0.372 e. The number of ether oxygens (including phenoxy) is 1. The van der Waals surface area contributed by atoms with E-state index in [4.69, 9.17) is 10.6 Å². The van der Waals surface area contributed by atoms with Gasteiger partial charge in [0.05, 0.1) is 12.1 Å². The van der Waals surface area contributed by atoms with Crippen LogP contribution in [0.15, 0.2) is 30.3 Å². The standard InChI is InChI=1S/C15H26N2O/c1-4-18-15(13-8-6-5-7-9-13)14(17-16)11-10-12(2)3/h5-9,12,14-15,17H,4,10-11,16H2,1-3H3. The fourth-order valence-electron chi connectivity index (χ4n) is 2.10. The van der Waals surface area contributed by atoms with Gasteiger partial charge in [-0.25, -0.2) is 0 Å². The maximum absolute atomic E-state index is 5.87. The van der Waals surface area contributed by atoms with Gasteiger partial charge < -0.3 is 4.74 Å². The van der Waals surface area contributed by atoms with E-state index >= 15 is 0 Å². The molecule has 1 rings (SSSR count).